The van der Waals surface area contributed by atoms with Crippen LogP contribution < -0.4 is 4.90 Å². The van der Waals surface area contributed by atoms with Gasteiger partial charge in [-0.3, -0.25) is 4.79 Å². The van der Waals surface area contributed by atoms with Crippen LogP contribution in [0.1, 0.15) is 30.5 Å². The maximum absolute atomic E-state index is 11.8. The molecule has 3 rings (SSSR count). The molecule has 0 unspecified atom stereocenters. The van der Waals surface area contributed by atoms with Gasteiger partial charge in [0.15, 0.2) is 0 Å². The highest BCUT2D eigenvalue weighted by Gasteiger charge is 2.25. The number of carbonyl (C=O) groups is 1. The molecule has 2 aromatic rings. The number of benzene rings is 1. The number of nitrogens with zero attached hydrogens (tertiary/aromatic N) is 4. The molecule has 1 saturated heterocycles. The summed E-state index contributed by atoms with van der Waals surface area (Å²) in [7, 11) is 0. The van der Waals surface area contributed by atoms with Crippen LogP contribution in [0, 0.1) is 11.3 Å². The number of anilines is 1. The van der Waals surface area contributed by atoms with Crippen LogP contribution in [0.2, 0.25) is 0 Å². The predicted octanol–water partition coefficient (Wildman–Crippen LogP) is 2.78. The molecule has 0 N–H and O–H groups in total. The zero-order valence-electron chi connectivity index (χ0n) is 14.2. The summed E-state index contributed by atoms with van der Waals surface area (Å²) in [4.78, 5) is 19.8. The molecule has 0 radical (unpaired) electrons. The summed E-state index contributed by atoms with van der Waals surface area (Å²) < 4.78 is 5.79. The highest BCUT2D eigenvalue weighted by molar-refractivity contribution is 5.76. The van der Waals surface area contributed by atoms with Crippen molar-refractivity contribution in [1.29, 1.82) is 5.26 Å². The van der Waals surface area contributed by atoms with Crippen molar-refractivity contribution in [3.63, 3.8) is 0 Å². The fraction of sp³-hybridized carbons (Fsp3) is 0.316. The highest BCUT2D eigenvalue weighted by atomic mass is 16.4. The second kappa shape index (κ2) is 7.67. The molecular formula is C19H20N4O2. The van der Waals surface area contributed by atoms with Crippen LogP contribution >= 0.6 is 0 Å². The van der Waals surface area contributed by atoms with Gasteiger partial charge in [0, 0.05) is 38.7 Å². The van der Waals surface area contributed by atoms with E-state index in [2.05, 4.69) is 11.1 Å². The number of carbonyl (C=O) groups excluding carboxylic acids is 1. The Bertz CT molecular complexity index is 797. The molecule has 25 heavy (non-hydrogen) atoms. The van der Waals surface area contributed by atoms with Gasteiger partial charge in [-0.25, -0.2) is 0 Å². The molecule has 1 aliphatic rings. The average molecular weight is 336 g/mol. The number of rotatable bonds is 4. The largest absolute Gasteiger partial charge is 0.420 e. The molecule has 1 aromatic heterocycles. The van der Waals surface area contributed by atoms with Crippen LogP contribution in [0.15, 0.2) is 34.7 Å². The number of piperazine rings is 1. The summed E-state index contributed by atoms with van der Waals surface area (Å²) in [5.41, 5.74) is 1.32. The predicted molar refractivity (Wildman–Crippen MR) is 95.7 cm³/mol. The quantitative estimate of drug-likeness (QED) is 0.858. The molecule has 0 spiro atoms. The Kier molecular flexibility index (Phi) is 5.14. The fourth-order valence-electron chi connectivity index (χ4n) is 2.80. The zero-order valence-corrected chi connectivity index (χ0v) is 14.2. The molecule has 0 saturated carbocycles. The van der Waals surface area contributed by atoms with E-state index in [1.165, 1.54) is 0 Å². The van der Waals surface area contributed by atoms with Crippen molar-refractivity contribution in [2.45, 2.75) is 13.3 Å². The third kappa shape index (κ3) is 3.89. The number of aromatic nitrogens is 1. The van der Waals surface area contributed by atoms with Crippen molar-refractivity contribution in [3.8, 4) is 6.07 Å². The van der Waals surface area contributed by atoms with Gasteiger partial charge in [-0.1, -0.05) is 37.3 Å². The van der Waals surface area contributed by atoms with E-state index < -0.39 is 0 Å². The summed E-state index contributed by atoms with van der Waals surface area (Å²) in [6.07, 6.45) is 4.17. The lowest BCUT2D eigenvalue weighted by Crippen LogP contribution is -2.48. The van der Waals surface area contributed by atoms with Gasteiger partial charge in [-0.2, -0.15) is 10.2 Å². The molecule has 128 valence electrons. The van der Waals surface area contributed by atoms with Crippen LogP contribution in [0.5, 0.6) is 0 Å². The molecular weight excluding hydrogens is 316 g/mol. The molecule has 6 nitrogen and oxygen atoms in total. The van der Waals surface area contributed by atoms with Gasteiger partial charge < -0.3 is 14.2 Å². The van der Waals surface area contributed by atoms with E-state index in [9.17, 15) is 10.1 Å². The van der Waals surface area contributed by atoms with Crippen molar-refractivity contribution in [2.75, 3.05) is 31.1 Å². The molecule has 0 bridgehead atoms. The Morgan fingerprint density at radius 2 is 1.96 bits per heavy atom. The minimum absolute atomic E-state index is 0.157. The number of oxazole rings is 1. The minimum atomic E-state index is 0.157. The minimum Gasteiger partial charge on any atom is -0.420 e. The summed E-state index contributed by atoms with van der Waals surface area (Å²) in [5, 5.41) is 9.34. The molecule has 1 fully saturated rings. The summed E-state index contributed by atoms with van der Waals surface area (Å²) in [5.74, 6) is 1.05. The van der Waals surface area contributed by atoms with Crippen molar-refractivity contribution in [1.82, 2.24) is 9.88 Å². The smallest absolute Gasteiger partial charge is 0.235 e. The lowest BCUT2D eigenvalue weighted by Gasteiger charge is -2.34. The molecule has 1 amide bonds. The van der Waals surface area contributed by atoms with Gasteiger partial charge in [0.2, 0.25) is 23.4 Å². The fourth-order valence-corrected chi connectivity index (χ4v) is 2.80. The second-order valence-corrected chi connectivity index (χ2v) is 5.78. The third-order valence-electron chi connectivity index (χ3n) is 4.17. The Morgan fingerprint density at radius 3 is 2.60 bits per heavy atom. The van der Waals surface area contributed by atoms with E-state index in [0.29, 0.717) is 44.4 Å². The first-order chi connectivity index (χ1) is 12.2. The lowest BCUT2D eigenvalue weighted by molar-refractivity contribution is -0.131. The summed E-state index contributed by atoms with van der Waals surface area (Å²) in [6, 6.07) is 11.9. The molecule has 6 heteroatoms. The monoisotopic (exact) mass is 336 g/mol. The first-order valence-corrected chi connectivity index (χ1v) is 8.38. The SMILES string of the molecule is CCC(=O)N1CCN(c2oc(/C=C/c3ccccc3)nc2C#N)CC1. The standard InChI is InChI=1S/C19H20N4O2/c1-2-18(24)22-10-12-23(13-11-22)19-16(14-20)21-17(25-19)9-8-15-6-4-3-5-7-15/h3-9H,2,10-13H2,1H3/b9-8+. The van der Waals surface area contributed by atoms with E-state index in [1.807, 2.05) is 53.1 Å². The highest BCUT2D eigenvalue weighted by Crippen LogP contribution is 2.24. The van der Waals surface area contributed by atoms with Crippen LogP contribution in [0.4, 0.5) is 5.88 Å². The van der Waals surface area contributed by atoms with Crippen molar-refractivity contribution in [3.05, 3.63) is 47.5 Å². The van der Waals surface area contributed by atoms with Gasteiger partial charge in [-0.15, -0.1) is 0 Å². The van der Waals surface area contributed by atoms with Gasteiger partial charge in [0.1, 0.15) is 6.07 Å². The van der Waals surface area contributed by atoms with Crippen LogP contribution in [0.3, 0.4) is 0 Å². The normalized spacial score (nSPS) is 14.7. The number of hydrogen-bond donors (Lipinski definition) is 0. The van der Waals surface area contributed by atoms with Gasteiger partial charge >= 0.3 is 0 Å². The number of hydrogen-bond acceptors (Lipinski definition) is 5. The molecule has 2 heterocycles. The Hall–Kier alpha value is -3.07. The zero-order chi connectivity index (χ0) is 17.6. The van der Waals surface area contributed by atoms with E-state index in [4.69, 9.17) is 4.42 Å². The molecule has 1 aliphatic heterocycles. The lowest BCUT2D eigenvalue weighted by atomic mass is 10.2. The molecule has 0 aliphatic carbocycles. The van der Waals surface area contributed by atoms with Crippen molar-refractivity contribution >= 4 is 23.9 Å². The van der Waals surface area contributed by atoms with Gasteiger partial charge in [-0.05, 0) is 11.6 Å². The molecule has 0 atom stereocenters. The topological polar surface area (TPSA) is 73.4 Å². The Balaban J connectivity index is 1.73. The first-order valence-electron chi connectivity index (χ1n) is 8.38. The van der Waals surface area contributed by atoms with Crippen molar-refractivity contribution < 1.29 is 9.21 Å². The summed E-state index contributed by atoms with van der Waals surface area (Å²) in [6.45, 7) is 4.40. The molecule has 1 aromatic carbocycles. The average Bonchev–Trinajstić information content (AvgIpc) is 3.10. The van der Waals surface area contributed by atoms with E-state index >= 15 is 0 Å². The van der Waals surface area contributed by atoms with Gasteiger partial charge in [0.05, 0.1) is 0 Å². The Labute approximate surface area is 147 Å². The van der Waals surface area contributed by atoms with Crippen LogP contribution in [-0.4, -0.2) is 42.0 Å². The van der Waals surface area contributed by atoms with E-state index in [-0.39, 0.29) is 11.6 Å². The maximum atomic E-state index is 11.8. The third-order valence-corrected chi connectivity index (χ3v) is 4.17. The van der Waals surface area contributed by atoms with Crippen molar-refractivity contribution in [2.24, 2.45) is 0 Å². The first kappa shape index (κ1) is 16.8. The number of amides is 1. The van der Waals surface area contributed by atoms with Gasteiger partial charge in [0.25, 0.3) is 0 Å². The second-order valence-electron chi connectivity index (χ2n) is 5.78. The maximum Gasteiger partial charge on any atom is 0.235 e. The van der Waals surface area contributed by atoms with E-state index in [0.717, 1.165) is 5.56 Å². The van der Waals surface area contributed by atoms with Crippen LogP contribution in [0.25, 0.3) is 12.2 Å². The Morgan fingerprint density at radius 1 is 1.24 bits per heavy atom. The van der Waals surface area contributed by atoms with Crippen LogP contribution in [-0.2, 0) is 4.79 Å². The number of nitriles is 1. The van der Waals surface area contributed by atoms with E-state index in [1.54, 1.807) is 6.08 Å². The summed E-state index contributed by atoms with van der Waals surface area (Å²) >= 11 is 0.